The second-order valence-electron chi connectivity index (χ2n) is 8.67. The van der Waals surface area contributed by atoms with Crippen molar-refractivity contribution in [2.75, 3.05) is 6.61 Å². The molecule has 0 saturated heterocycles. The van der Waals surface area contributed by atoms with E-state index in [0.29, 0.717) is 29.0 Å². The summed E-state index contributed by atoms with van der Waals surface area (Å²) in [6, 6.07) is 19.3. The van der Waals surface area contributed by atoms with E-state index < -0.39 is 6.10 Å². The van der Waals surface area contributed by atoms with E-state index in [0.717, 1.165) is 27.5 Å². The predicted molar refractivity (Wildman–Crippen MR) is 136 cm³/mol. The molecule has 5 rings (SSSR count). The van der Waals surface area contributed by atoms with E-state index in [-0.39, 0.29) is 25.4 Å². The van der Waals surface area contributed by atoms with E-state index in [1.807, 2.05) is 62.4 Å². The maximum atomic E-state index is 12.2. The van der Waals surface area contributed by atoms with Gasteiger partial charge in [0.05, 0.1) is 12.7 Å². The highest BCUT2D eigenvalue weighted by Gasteiger charge is 2.13. The maximum absolute atomic E-state index is 12.2. The smallest absolute Gasteiger partial charge is 0.339 e. The lowest BCUT2D eigenvalue weighted by molar-refractivity contribution is 0.0888. The van der Waals surface area contributed by atoms with Crippen LogP contribution in [-0.2, 0) is 19.6 Å². The first-order chi connectivity index (χ1) is 17.5. The molecular formula is C28H27N3O5. The topological polar surface area (TPSA) is 99.6 Å². The molecule has 36 heavy (non-hydrogen) atoms. The SMILES string of the molecule is CCc1c(C)c2ccc(OCC(O)Cn3cc(COc4cccc5ccccc45)nn3)cc2oc1=O. The molecule has 3 aromatic carbocycles. The summed E-state index contributed by atoms with van der Waals surface area (Å²) in [6.07, 6.45) is 1.55. The molecular weight excluding hydrogens is 458 g/mol. The second kappa shape index (κ2) is 10.2. The Hall–Kier alpha value is -4.17. The molecule has 0 amide bonds. The van der Waals surface area contributed by atoms with Crippen molar-refractivity contribution in [3.05, 3.63) is 94.1 Å². The number of benzene rings is 3. The third-order valence-electron chi connectivity index (χ3n) is 6.16. The zero-order chi connectivity index (χ0) is 25.1. The van der Waals surface area contributed by atoms with Crippen molar-refractivity contribution in [3.63, 3.8) is 0 Å². The summed E-state index contributed by atoms with van der Waals surface area (Å²) in [5.41, 5.74) is 2.39. The number of fused-ring (bicyclic) bond motifs is 2. The van der Waals surface area contributed by atoms with Gasteiger partial charge in [-0.25, -0.2) is 9.48 Å². The minimum Gasteiger partial charge on any atom is -0.491 e. The lowest BCUT2D eigenvalue weighted by Crippen LogP contribution is -2.24. The van der Waals surface area contributed by atoms with Crippen molar-refractivity contribution in [3.8, 4) is 11.5 Å². The molecule has 1 atom stereocenters. The molecule has 0 saturated carbocycles. The molecule has 2 aromatic heterocycles. The first kappa shape index (κ1) is 23.6. The van der Waals surface area contributed by atoms with Crippen LogP contribution in [0.4, 0.5) is 0 Å². The van der Waals surface area contributed by atoms with Gasteiger partial charge in [-0.15, -0.1) is 5.10 Å². The highest BCUT2D eigenvalue weighted by molar-refractivity contribution is 5.88. The third kappa shape index (κ3) is 4.94. The molecule has 1 unspecified atom stereocenters. The minimum absolute atomic E-state index is 0.0451. The number of aliphatic hydroxyl groups excluding tert-OH is 1. The summed E-state index contributed by atoms with van der Waals surface area (Å²) in [5, 5.41) is 21.7. The number of rotatable bonds is 9. The van der Waals surface area contributed by atoms with Crippen LogP contribution in [0.2, 0.25) is 0 Å². The zero-order valence-electron chi connectivity index (χ0n) is 20.2. The number of nitrogens with zero attached hydrogens (tertiary/aromatic N) is 3. The first-order valence-corrected chi connectivity index (χ1v) is 11.9. The molecule has 1 N–H and O–H groups in total. The van der Waals surface area contributed by atoms with Crippen LogP contribution in [-0.4, -0.2) is 32.8 Å². The molecule has 0 fully saturated rings. The Labute approximate surface area is 207 Å². The summed E-state index contributed by atoms with van der Waals surface area (Å²) >= 11 is 0. The number of aryl methyl sites for hydroxylation is 1. The average molecular weight is 486 g/mol. The van der Waals surface area contributed by atoms with Crippen molar-refractivity contribution in [2.24, 2.45) is 0 Å². The Bertz CT molecular complexity index is 1570. The Morgan fingerprint density at radius 2 is 1.89 bits per heavy atom. The van der Waals surface area contributed by atoms with E-state index in [1.165, 1.54) is 0 Å². The molecule has 0 radical (unpaired) electrons. The lowest BCUT2D eigenvalue weighted by Gasteiger charge is -2.13. The zero-order valence-corrected chi connectivity index (χ0v) is 20.2. The molecule has 0 bridgehead atoms. The maximum Gasteiger partial charge on any atom is 0.339 e. The van der Waals surface area contributed by atoms with E-state index in [4.69, 9.17) is 13.9 Å². The lowest BCUT2D eigenvalue weighted by atomic mass is 10.0. The standard InChI is InChI=1S/C28H27N3O5/c1-3-23-18(2)24-12-11-22(13-27(24)36-28(23)33)34-17-21(32)15-31-14-20(29-30-31)16-35-26-10-6-8-19-7-4-5-9-25(19)26/h4-14,21,32H,3,15-17H2,1-2H3. The fraction of sp³-hybridized carbons (Fsp3) is 0.250. The summed E-state index contributed by atoms with van der Waals surface area (Å²) in [4.78, 5) is 12.2. The van der Waals surface area contributed by atoms with Gasteiger partial charge in [0.15, 0.2) is 0 Å². The number of hydrogen-bond donors (Lipinski definition) is 1. The van der Waals surface area contributed by atoms with Crippen LogP contribution in [0.15, 0.2) is 76.1 Å². The van der Waals surface area contributed by atoms with E-state index >= 15 is 0 Å². The van der Waals surface area contributed by atoms with Gasteiger partial charge in [-0.1, -0.05) is 48.5 Å². The minimum atomic E-state index is -0.814. The van der Waals surface area contributed by atoms with Crippen LogP contribution in [0, 0.1) is 6.92 Å². The van der Waals surface area contributed by atoms with E-state index in [9.17, 15) is 9.90 Å². The molecule has 5 aromatic rings. The predicted octanol–water partition coefficient (Wildman–Crippen LogP) is 4.43. The van der Waals surface area contributed by atoms with E-state index in [1.54, 1.807) is 23.0 Å². The van der Waals surface area contributed by atoms with Crippen LogP contribution in [0.3, 0.4) is 0 Å². The summed E-state index contributed by atoms with van der Waals surface area (Å²) in [7, 11) is 0. The highest BCUT2D eigenvalue weighted by atomic mass is 16.5. The largest absolute Gasteiger partial charge is 0.491 e. The van der Waals surface area contributed by atoms with Gasteiger partial charge in [-0.3, -0.25) is 0 Å². The van der Waals surface area contributed by atoms with E-state index in [2.05, 4.69) is 10.3 Å². The van der Waals surface area contributed by atoms with Crippen LogP contribution < -0.4 is 15.1 Å². The molecule has 8 nitrogen and oxygen atoms in total. The quantitative estimate of drug-likeness (QED) is 0.308. The Balaban J connectivity index is 1.18. The Morgan fingerprint density at radius 3 is 2.75 bits per heavy atom. The molecule has 0 aliphatic rings. The molecule has 0 aliphatic carbocycles. The fourth-order valence-corrected chi connectivity index (χ4v) is 4.30. The monoisotopic (exact) mass is 485 g/mol. The van der Waals surface area contributed by atoms with Crippen LogP contribution in [0.1, 0.15) is 23.7 Å². The van der Waals surface area contributed by atoms with Gasteiger partial charge < -0.3 is 19.0 Å². The van der Waals surface area contributed by atoms with Gasteiger partial charge in [-0.05, 0) is 42.5 Å². The summed E-state index contributed by atoms with van der Waals surface area (Å²) in [5.74, 6) is 1.29. The van der Waals surface area contributed by atoms with Gasteiger partial charge in [0, 0.05) is 22.4 Å². The van der Waals surface area contributed by atoms with Crippen molar-refractivity contribution in [1.29, 1.82) is 0 Å². The van der Waals surface area contributed by atoms with Crippen molar-refractivity contribution in [1.82, 2.24) is 15.0 Å². The normalized spacial score (nSPS) is 12.2. The number of aliphatic hydroxyl groups is 1. The number of aromatic nitrogens is 3. The van der Waals surface area contributed by atoms with Gasteiger partial charge in [0.25, 0.3) is 0 Å². The molecule has 0 aliphatic heterocycles. The van der Waals surface area contributed by atoms with Gasteiger partial charge in [0.2, 0.25) is 0 Å². The van der Waals surface area contributed by atoms with Crippen LogP contribution in [0.5, 0.6) is 11.5 Å². The Morgan fingerprint density at radius 1 is 1.06 bits per heavy atom. The van der Waals surface area contributed by atoms with Crippen molar-refractivity contribution < 1.29 is 19.0 Å². The average Bonchev–Trinajstić information content (AvgIpc) is 3.33. The van der Waals surface area contributed by atoms with Crippen LogP contribution in [0.25, 0.3) is 21.7 Å². The number of ether oxygens (including phenoxy) is 2. The van der Waals surface area contributed by atoms with Gasteiger partial charge in [0.1, 0.15) is 42.1 Å². The van der Waals surface area contributed by atoms with Crippen molar-refractivity contribution >= 4 is 21.7 Å². The van der Waals surface area contributed by atoms with Gasteiger partial charge in [-0.2, -0.15) is 0 Å². The van der Waals surface area contributed by atoms with Gasteiger partial charge >= 0.3 is 5.63 Å². The first-order valence-electron chi connectivity index (χ1n) is 11.9. The molecule has 8 heteroatoms. The Kier molecular flexibility index (Phi) is 6.69. The molecule has 184 valence electrons. The molecule has 0 spiro atoms. The van der Waals surface area contributed by atoms with Crippen molar-refractivity contribution in [2.45, 2.75) is 39.5 Å². The summed E-state index contributed by atoms with van der Waals surface area (Å²) < 4.78 is 18.7. The second-order valence-corrected chi connectivity index (χ2v) is 8.67. The van der Waals surface area contributed by atoms with Crippen LogP contribution >= 0.6 is 0 Å². The fourth-order valence-electron chi connectivity index (χ4n) is 4.30. The highest BCUT2D eigenvalue weighted by Crippen LogP contribution is 2.26. The molecule has 2 heterocycles. The summed E-state index contributed by atoms with van der Waals surface area (Å²) in [6.45, 7) is 4.37. The third-order valence-corrected chi connectivity index (χ3v) is 6.16. The number of hydrogen-bond acceptors (Lipinski definition) is 7.